The van der Waals surface area contributed by atoms with Gasteiger partial charge in [0.25, 0.3) is 0 Å². The molecule has 0 unspecified atom stereocenters. The van der Waals surface area contributed by atoms with E-state index in [4.69, 9.17) is 4.42 Å². The van der Waals surface area contributed by atoms with Crippen molar-refractivity contribution in [3.8, 4) is 10.6 Å². The number of nitrogens with zero attached hydrogens (tertiary/aromatic N) is 2. The molecule has 3 nitrogen and oxygen atoms in total. The first-order chi connectivity index (χ1) is 9.85. The molecule has 3 rings (SSSR count). The average molecular weight is 302 g/mol. The third kappa shape index (κ3) is 3.11. The molecule has 0 aliphatic carbocycles. The summed E-state index contributed by atoms with van der Waals surface area (Å²) < 4.78 is 6.78. The lowest BCUT2D eigenvalue weighted by Gasteiger charge is -1.94. The maximum atomic E-state index is 5.60. The predicted molar refractivity (Wildman–Crippen MR) is 83.0 cm³/mol. The fraction of sp³-hybridized carbons (Fsp3) is 0.200. The third-order valence-corrected chi connectivity index (χ3v) is 5.02. The summed E-state index contributed by atoms with van der Waals surface area (Å²) in [5.41, 5.74) is 1.16. The van der Waals surface area contributed by atoms with E-state index in [-0.39, 0.29) is 0 Å². The fourth-order valence-corrected chi connectivity index (χ4v) is 3.58. The van der Waals surface area contributed by atoms with Crippen LogP contribution in [-0.2, 0) is 12.2 Å². The lowest BCUT2D eigenvalue weighted by atomic mass is 10.2. The number of benzene rings is 1. The van der Waals surface area contributed by atoms with Gasteiger partial charge in [-0.2, -0.15) is 0 Å². The molecule has 0 atom stereocenters. The van der Waals surface area contributed by atoms with Crippen molar-refractivity contribution in [2.45, 2.75) is 23.3 Å². The molecular weight excluding hydrogens is 288 g/mol. The molecule has 20 heavy (non-hydrogen) atoms. The zero-order chi connectivity index (χ0) is 13.8. The molecule has 0 bridgehead atoms. The summed E-state index contributed by atoms with van der Waals surface area (Å²) in [6.07, 6.45) is 4.61. The van der Waals surface area contributed by atoms with Gasteiger partial charge in [-0.15, -0.1) is 23.1 Å². The SMILES string of the molecule is CCc1cnc(CSc2cnc(-c3ccccc3)s2)o1. The molecule has 0 amide bonds. The van der Waals surface area contributed by atoms with Gasteiger partial charge >= 0.3 is 0 Å². The lowest BCUT2D eigenvalue weighted by molar-refractivity contribution is 0.476. The Balaban J connectivity index is 1.65. The number of thioether (sulfide) groups is 1. The molecular formula is C15H14N2OS2. The largest absolute Gasteiger partial charge is 0.445 e. The van der Waals surface area contributed by atoms with Crippen molar-refractivity contribution in [2.75, 3.05) is 0 Å². The summed E-state index contributed by atoms with van der Waals surface area (Å²) in [6, 6.07) is 10.2. The molecule has 2 aromatic heterocycles. The van der Waals surface area contributed by atoms with Crippen molar-refractivity contribution >= 4 is 23.1 Å². The highest BCUT2D eigenvalue weighted by molar-refractivity contribution is 8.00. The molecule has 0 radical (unpaired) electrons. The van der Waals surface area contributed by atoms with Gasteiger partial charge in [-0.3, -0.25) is 0 Å². The molecule has 0 fully saturated rings. The van der Waals surface area contributed by atoms with Crippen LogP contribution < -0.4 is 0 Å². The van der Waals surface area contributed by atoms with Crippen LogP contribution in [0, 0.1) is 0 Å². The van der Waals surface area contributed by atoms with Gasteiger partial charge in [-0.25, -0.2) is 9.97 Å². The van der Waals surface area contributed by atoms with E-state index in [1.54, 1.807) is 29.3 Å². The average Bonchev–Trinajstić information content (AvgIpc) is 3.15. The Labute approximate surface area is 126 Å². The first-order valence-electron chi connectivity index (χ1n) is 6.43. The van der Waals surface area contributed by atoms with Crippen LogP contribution in [0.4, 0.5) is 0 Å². The number of hydrogen-bond acceptors (Lipinski definition) is 5. The van der Waals surface area contributed by atoms with E-state index in [9.17, 15) is 0 Å². The first kappa shape index (κ1) is 13.4. The second kappa shape index (κ2) is 6.24. The molecule has 2 heterocycles. The maximum absolute atomic E-state index is 5.60. The van der Waals surface area contributed by atoms with E-state index in [0.717, 1.165) is 34.4 Å². The van der Waals surface area contributed by atoms with Crippen LogP contribution in [0.1, 0.15) is 18.6 Å². The van der Waals surface area contributed by atoms with Crippen LogP contribution in [0.25, 0.3) is 10.6 Å². The van der Waals surface area contributed by atoms with Gasteiger partial charge in [0.1, 0.15) is 10.8 Å². The Kier molecular flexibility index (Phi) is 4.18. The summed E-state index contributed by atoms with van der Waals surface area (Å²) in [7, 11) is 0. The number of aromatic nitrogens is 2. The van der Waals surface area contributed by atoms with Crippen LogP contribution in [0.2, 0.25) is 0 Å². The lowest BCUT2D eigenvalue weighted by Crippen LogP contribution is -1.77. The van der Waals surface area contributed by atoms with Crippen molar-refractivity contribution in [1.82, 2.24) is 9.97 Å². The standard InChI is InChI=1S/C15H14N2OS2/c1-2-12-8-16-13(18-12)10-19-14-9-17-15(20-14)11-6-4-3-5-7-11/h3-9H,2,10H2,1H3. The van der Waals surface area contributed by atoms with Crippen molar-refractivity contribution in [3.05, 3.63) is 54.4 Å². The van der Waals surface area contributed by atoms with E-state index in [1.165, 1.54) is 4.21 Å². The summed E-state index contributed by atoms with van der Waals surface area (Å²) in [4.78, 5) is 8.73. The molecule has 3 aromatic rings. The van der Waals surface area contributed by atoms with Gasteiger partial charge in [0, 0.05) is 12.0 Å². The topological polar surface area (TPSA) is 38.9 Å². The van der Waals surface area contributed by atoms with E-state index in [1.807, 2.05) is 24.4 Å². The Morgan fingerprint density at radius 2 is 2.00 bits per heavy atom. The first-order valence-corrected chi connectivity index (χ1v) is 8.23. The maximum Gasteiger partial charge on any atom is 0.204 e. The molecule has 5 heteroatoms. The number of rotatable bonds is 5. The Hall–Kier alpha value is -1.59. The monoisotopic (exact) mass is 302 g/mol. The smallest absolute Gasteiger partial charge is 0.204 e. The van der Waals surface area contributed by atoms with Crippen LogP contribution in [0.15, 0.2) is 51.4 Å². The third-order valence-electron chi connectivity index (χ3n) is 2.79. The van der Waals surface area contributed by atoms with Gasteiger partial charge in [0.05, 0.1) is 22.4 Å². The Bertz CT molecular complexity index is 676. The molecule has 1 aromatic carbocycles. The zero-order valence-electron chi connectivity index (χ0n) is 11.1. The fourth-order valence-electron chi connectivity index (χ4n) is 1.75. The van der Waals surface area contributed by atoms with E-state index in [2.05, 4.69) is 29.0 Å². The van der Waals surface area contributed by atoms with Gasteiger partial charge in [-0.1, -0.05) is 37.3 Å². The van der Waals surface area contributed by atoms with Crippen molar-refractivity contribution < 1.29 is 4.42 Å². The van der Waals surface area contributed by atoms with Gasteiger partial charge < -0.3 is 4.42 Å². The molecule has 0 saturated carbocycles. The van der Waals surface area contributed by atoms with Gasteiger partial charge in [0.2, 0.25) is 5.89 Å². The minimum absolute atomic E-state index is 0.746. The summed E-state index contributed by atoms with van der Waals surface area (Å²) >= 11 is 3.41. The Morgan fingerprint density at radius 1 is 1.15 bits per heavy atom. The zero-order valence-corrected chi connectivity index (χ0v) is 12.7. The molecule has 0 N–H and O–H groups in total. The molecule has 0 aliphatic heterocycles. The van der Waals surface area contributed by atoms with E-state index >= 15 is 0 Å². The summed E-state index contributed by atoms with van der Waals surface area (Å²) in [5.74, 6) is 2.47. The van der Waals surface area contributed by atoms with Crippen LogP contribution in [0.5, 0.6) is 0 Å². The van der Waals surface area contributed by atoms with Gasteiger partial charge in [0.15, 0.2) is 0 Å². The normalized spacial score (nSPS) is 10.8. The summed E-state index contributed by atoms with van der Waals surface area (Å²) in [6.45, 7) is 2.06. The van der Waals surface area contributed by atoms with E-state index < -0.39 is 0 Å². The molecule has 102 valence electrons. The highest BCUT2D eigenvalue weighted by Gasteiger charge is 2.07. The second-order valence-electron chi connectivity index (χ2n) is 4.21. The highest BCUT2D eigenvalue weighted by atomic mass is 32.2. The quantitative estimate of drug-likeness (QED) is 0.643. The minimum Gasteiger partial charge on any atom is -0.445 e. The number of hydrogen-bond donors (Lipinski definition) is 0. The number of oxazole rings is 1. The summed E-state index contributed by atoms with van der Waals surface area (Å²) in [5, 5.41) is 1.05. The van der Waals surface area contributed by atoms with Crippen molar-refractivity contribution in [3.63, 3.8) is 0 Å². The number of thiazole rings is 1. The van der Waals surface area contributed by atoms with Crippen molar-refractivity contribution in [2.24, 2.45) is 0 Å². The van der Waals surface area contributed by atoms with E-state index in [0.29, 0.717) is 0 Å². The molecule has 0 aliphatic rings. The van der Waals surface area contributed by atoms with Crippen molar-refractivity contribution in [1.29, 1.82) is 0 Å². The highest BCUT2D eigenvalue weighted by Crippen LogP contribution is 2.32. The van der Waals surface area contributed by atoms with Crippen LogP contribution in [-0.4, -0.2) is 9.97 Å². The minimum atomic E-state index is 0.746. The molecule has 0 saturated heterocycles. The second-order valence-corrected chi connectivity index (χ2v) is 6.52. The molecule has 0 spiro atoms. The predicted octanol–water partition coefficient (Wildman–Crippen LogP) is 4.65. The van der Waals surface area contributed by atoms with Gasteiger partial charge in [-0.05, 0) is 0 Å². The number of aryl methyl sites for hydroxylation is 1. The Morgan fingerprint density at radius 3 is 2.75 bits per heavy atom. The van der Waals surface area contributed by atoms with Crippen LogP contribution >= 0.6 is 23.1 Å². The van der Waals surface area contributed by atoms with Crippen LogP contribution in [0.3, 0.4) is 0 Å².